The highest BCUT2D eigenvalue weighted by molar-refractivity contribution is 5.63. The van der Waals surface area contributed by atoms with Gasteiger partial charge in [-0.2, -0.15) is 0 Å². The summed E-state index contributed by atoms with van der Waals surface area (Å²) >= 11 is 0. The molecule has 1 heterocycles. The Kier molecular flexibility index (Phi) is 4.25. The van der Waals surface area contributed by atoms with Crippen molar-refractivity contribution in [2.75, 3.05) is 18.5 Å². The van der Waals surface area contributed by atoms with Crippen molar-refractivity contribution in [3.63, 3.8) is 0 Å². The molecule has 4 nitrogen and oxygen atoms in total. The maximum atomic E-state index is 9.76. The highest BCUT2D eigenvalue weighted by atomic mass is 16.3. The molecule has 3 rings (SSSR count). The van der Waals surface area contributed by atoms with Gasteiger partial charge in [-0.1, -0.05) is 31.4 Å². The molecule has 2 aromatic rings. The summed E-state index contributed by atoms with van der Waals surface area (Å²) < 4.78 is 5.33. The third-order valence-electron chi connectivity index (χ3n) is 4.50. The monoisotopic (exact) mass is 286 g/mol. The molecule has 112 valence electrons. The molecular weight excluding hydrogens is 264 g/mol. The van der Waals surface area contributed by atoms with E-state index < -0.39 is 0 Å². The van der Waals surface area contributed by atoms with E-state index >= 15 is 0 Å². The number of hydrogen-bond acceptors (Lipinski definition) is 4. The van der Waals surface area contributed by atoms with Gasteiger partial charge in [0, 0.05) is 23.2 Å². The van der Waals surface area contributed by atoms with Crippen molar-refractivity contribution in [2.45, 2.75) is 32.1 Å². The zero-order valence-electron chi connectivity index (χ0n) is 12.2. The van der Waals surface area contributed by atoms with E-state index in [1.807, 2.05) is 18.2 Å². The summed E-state index contributed by atoms with van der Waals surface area (Å²) in [4.78, 5) is 3.95. The fourth-order valence-electron chi connectivity index (χ4n) is 3.12. The van der Waals surface area contributed by atoms with Crippen LogP contribution in [0.15, 0.2) is 41.3 Å². The van der Waals surface area contributed by atoms with Crippen LogP contribution in [0.3, 0.4) is 0 Å². The normalized spacial score (nSPS) is 17.6. The van der Waals surface area contributed by atoms with E-state index in [0.29, 0.717) is 0 Å². The fourth-order valence-corrected chi connectivity index (χ4v) is 3.12. The van der Waals surface area contributed by atoms with Crippen molar-refractivity contribution < 1.29 is 9.52 Å². The first-order valence-corrected chi connectivity index (χ1v) is 7.65. The van der Waals surface area contributed by atoms with Crippen LogP contribution in [0.5, 0.6) is 0 Å². The van der Waals surface area contributed by atoms with Crippen molar-refractivity contribution >= 4 is 5.69 Å². The standard InChI is InChI=1S/C17H22N2O2/c20-12-17(7-2-1-3-8-17)11-19-15-6-4-5-14(9-15)16-10-18-13-21-16/h4-6,9-10,13,19-20H,1-3,7-8,11-12H2. The van der Waals surface area contributed by atoms with Crippen LogP contribution in [-0.2, 0) is 0 Å². The summed E-state index contributed by atoms with van der Waals surface area (Å²) in [6.07, 6.45) is 9.12. The molecule has 0 atom stereocenters. The average Bonchev–Trinajstić information content (AvgIpc) is 3.09. The van der Waals surface area contributed by atoms with Gasteiger partial charge in [0.05, 0.1) is 12.8 Å². The van der Waals surface area contributed by atoms with Crippen LogP contribution in [0, 0.1) is 5.41 Å². The quantitative estimate of drug-likeness (QED) is 0.880. The first-order valence-electron chi connectivity index (χ1n) is 7.65. The number of benzene rings is 1. The molecule has 1 saturated carbocycles. The lowest BCUT2D eigenvalue weighted by atomic mass is 9.74. The van der Waals surface area contributed by atoms with Crippen LogP contribution in [0.2, 0.25) is 0 Å². The van der Waals surface area contributed by atoms with Crippen LogP contribution >= 0.6 is 0 Å². The van der Waals surface area contributed by atoms with Gasteiger partial charge in [-0.3, -0.25) is 0 Å². The molecule has 2 N–H and O–H groups in total. The first kappa shape index (κ1) is 14.1. The molecule has 1 aliphatic rings. The van der Waals surface area contributed by atoms with Crippen molar-refractivity contribution in [3.05, 3.63) is 36.9 Å². The Morgan fingerprint density at radius 1 is 1.24 bits per heavy atom. The maximum absolute atomic E-state index is 9.76. The van der Waals surface area contributed by atoms with Crippen LogP contribution in [0.4, 0.5) is 5.69 Å². The first-order chi connectivity index (χ1) is 10.3. The van der Waals surface area contributed by atoms with Gasteiger partial charge in [0.25, 0.3) is 0 Å². The molecule has 0 radical (unpaired) electrons. The van der Waals surface area contributed by atoms with Crippen molar-refractivity contribution in [3.8, 4) is 11.3 Å². The van der Waals surface area contributed by atoms with Crippen LogP contribution in [0.25, 0.3) is 11.3 Å². The Morgan fingerprint density at radius 3 is 2.81 bits per heavy atom. The van der Waals surface area contributed by atoms with Crippen LogP contribution in [0.1, 0.15) is 32.1 Å². The third kappa shape index (κ3) is 3.27. The smallest absolute Gasteiger partial charge is 0.181 e. The number of aliphatic hydroxyl groups is 1. The van der Waals surface area contributed by atoms with E-state index in [0.717, 1.165) is 36.4 Å². The molecule has 0 amide bonds. The van der Waals surface area contributed by atoms with Crippen molar-refractivity contribution in [1.82, 2.24) is 4.98 Å². The highest BCUT2D eigenvalue weighted by Crippen LogP contribution is 2.36. The Balaban J connectivity index is 1.69. The van der Waals surface area contributed by atoms with E-state index in [2.05, 4.69) is 16.4 Å². The zero-order chi connectivity index (χ0) is 14.5. The Bertz CT molecular complexity index is 560. The van der Waals surface area contributed by atoms with Crippen LogP contribution < -0.4 is 5.32 Å². The van der Waals surface area contributed by atoms with Gasteiger partial charge in [0.2, 0.25) is 0 Å². The lowest BCUT2D eigenvalue weighted by molar-refractivity contribution is 0.0944. The molecule has 0 saturated heterocycles. The second-order valence-electron chi connectivity index (χ2n) is 6.02. The maximum Gasteiger partial charge on any atom is 0.181 e. The summed E-state index contributed by atoms with van der Waals surface area (Å²) in [5, 5.41) is 13.2. The van der Waals surface area contributed by atoms with E-state index in [1.165, 1.54) is 25.7 Å². The number of hydrogen-bond donors (Lipinski definition) is 2. The van der Waals surface area contributed by atoms with E-state index in [1.54, 1.807) is 6.20 Å². The Hall–Kier alpha value is -1.81. The van der Waals surface area contributed by atoms with Gasteiger partial charge in [-0.05, 0) is 25.0 Å². The summed E-state index contributed by atoms with van der Waals surface area (Å²) in [6, 6.07) is 8.13. The molecular formula is C17H22N2O2. The topological polar surface area (TPSA) is 58.3 Å². The molecule has 1 aliphatic carbocycles. The molecule has 0 bridgehead atoms. The Morgan fingerprint density at radius 2 is 2.10 bits per heavy atom. The number of nitrogens with one attached hydrogen (secondary N) is 1. The molecule has 21 heavy (non-hydrogen) atoms. The fraction of sp³-hybridized carbons (Fsp3) is 0.471. The van der Waals surface area contributed by atoms with E-state index in [-0.39, 0.29) is 12.0 Å². The van der Waals surface area contributed by atoms with Crippen molar-refractivity contribution in [1.29, 1.82) is 0 Å². The second kappa shape index (κ2) is 6.31. The summed E-state index contributed by atoms with van der Waals surface area (Å²) in [5.41, 5.74) is 2.11. The van der Waals surface area contributed by atoms with E-state index in [4.69, 9.17) is 4.42 Å². The highest BCUT2D eigenvalue weighted by Gasteiger charge is 2.31. The van der Waals surface area contributed by atoms with Crippen molar-refractivity contribution in [2.24, 2.45) is 5.41 Å². The second-order valence-corrected chi connectivity index (χ2v) is 6.02. The number of nitrogens with zero attached hydrogens (tertiary/aromatic N) is 1. The summed E-state index contributed by atoms with van der Waals surface area (Å²) in [5.74, 6) is 0.771. The molecule has 0 unspecified atom stereocenters. The number of aliphatic hydroxyl groups excluding tert-OH is 1. The minimum atomic E-state index is 0.0422. The molecule has 4 heteroatoms. The van der Waals surface area contributed by atoms with Crippen LogP contribution in [-0.4, -0.2) is 23.2 Å². The molecule has 1 aromatic heterocycles. The SMILES string of the molecule is OCC1(CNc2cccc(-c3cnco3)c2)CCCCC1. The zero-order valence-corrected chi connectivity index (χ0v) is 12.2. The molecule has 1 aromatic carbocycles. The number of oxazole rings is 1. The molecule has 1 fully saturated rings. The van der Waals surface area contributed by atoms with Gasteiger partial charge >= 0.3 is 0 Å². The predicted octanol–water partition coefficient (Wildman–Crippen LogP) is 3.70. The predicted molar refractivity (Wildman–Crippen MR) is 83.0 cm³/mol. The van der Waals surface area contributed by atoms with Gasteiger partial charge in [-0.25, -0.2) is 4.98 Å². The average molecular weight is 286 g/mol. The minimum Gasteiger partial charge on any atom is -0.444 e. The number of rotatable bonds is 5. The molecule has 0 aliphatic heterocycles. The summed E-state index contributed by atoms with van der Waals surface area (Å²) in [6.45, 7) is 1.09. The Labute approximate surface area is 125 Å². The lowest BCUT2D eigenvalue weighted by Gasteiger charge is -2.36. The molecule has 0 spiro atoms. The van der Waals surface area contributed by atoms with Gasteiger partial charge in [-0.15, -0.1) is 0 Å². The number of aromatic nitrogens is 1. The minimum absolute atomic E-state index is 0.0422. The largest absolute Gasteiger partial charge is 0.444 e. The van der Waals surface area contributed by atoms with Gasteiger partial charge in [0.15, 0.2) is 12.2 Å². The lowest BCUT2D eigenvalue weighted by Crippen LogP contribution is -2.35. The summed E-state index contributed by atoms with van der Waals surface area (Å²) in [7, 11) is 0. The number of anilines is 1. The van der Waals surface area contributed by atoms with E-state index in [9.17, 15) is 5.11 Å². The van der Waals surface area contributed by atoms with Gasteiger partial charge < -0.3 is 14.8 Å². The van der Waals surface area contributed by atoms with Gasteiger partial charge in [0.1, 0.15) is 0 Å². The third-order valence-corrected chi connectivity index (χ3v) is 4.50.